The van der Waals surface area contributed by atoms with Crippen molar-refractivity contribution in [2.45, 2.75) is 18.2 Å². The highest BCUT2D eigenvalue weighted by Crippen LogP contribution is 2.27. The molecule has 0 saturated carbocycles. The number of nitrogens with two attached hydrogens (primary N) is 1. The molecule has 0 radical (unpaired) electrons. The fourth-order valence-electron chi connectivity index (χ4n) is 2.51. The van der Waals surface area contributed by atoms with E-state index in [1.807, 2.05) is 0 Å². The maximum absolute atomic E-state index is 12.2. The number of anilines is 2. The lowest BCUT2D eigenvalue weighted by molar-refractivity contribution is -0.384. The van der Waals surface area contributed by atoms with E-state index in [1.54, 1.807) is 19.1 Å². The first-order valence-corrected chi connectivity index (χ1v) is 10.1. The first-order chi connectivity index (χ1) is 14.0. The summed E-state index contributed by atoms with van der Waals surface area (Å²) >= 11 is 0. The summed E-state index contributed by atoms with van der Waals surface area (Å²) in [6.45, 7) is 1.79. The number of primary sulfonamides is 1. The number of aryl methyl sites for hydroxylation is 1. The molecule has 2 aromatic rings. The number of amides is 1. The lowest BCUT2D eigenvalue weighted by Gasteiger charge is -2.11. The molecule has 2 rings (SSSR count). The Morgan fingerprint density at radius 3 is 2.47 bits per heavy atom. The van der Waals surface area contributed by atoms with E-state index in [0.29, 0.717) is 5.69 Å². The highest BCUT2D eigenvalue weighted by Gasteiger charge is 2.19. The summed E-state index contributed by atoms with van der Waals surface area (Å²) < 4.78 is 27.4. The minimum absolute atomic E-state index is 0.0388. The Kier molecular flexibility index (Phi) is 7.08. The monoisotopic (exact) mass is 436 g/mol. The van der Waals surface area contributed by atoms with Crippen LogP contribution in [0.4, 0.5) is 17.1 Å². The first-order valence-electron chi connectivity index (χ1n) is 8.57. The quantitative estimate of drug-likeness (QED) is 0.319. The van der Waals surface area contributed by atoms with Gasteiger partial charge in [0, 0.05) is 24.7 Å². The average Bonchev–Trinajstić information content (AvgIpc) is 2.68. The molecular formula is C18H20N4O7S. The molecule has 12 heteroatoms. The molecule has 1 amide bonds. The van der Waals surface area contributed by atoms with Gasteiger partial charge >= 0.3 is 5.97 Å². The number of nitro benzene ring substituents is 1. The second kappa shape index (κ2) is 9.33. The molecule has 0 aliphatic carbocycles. The van der Waals surface area contributed by atoms with Gasteiger partial charge in [-0.25, -0.2) is 18.4 Å². The Balaban J connectivity index is 2.05. The number of ether oxygens (including phenoxy) is 1. The van der Waals surface area contributed by atoms with Crippen molar-refractivity contribution in [3.63, 3.8) is 0 Å². The highest BCUT2D eigenvalue weighted by atomic mass is 32.2. The number of hydrogen-bond donors (Lipinski definition) is 3. The molecular weight excluding hydrogens is 416 g/mol. The maximum Gasteiger partial charge on any atom is 0.337 e. The van der Waals surface area contributed by atoms with Crippen LogP contribution in [-0.4, -0.2) is 38.9 Å². The van der Waals surface area contributed by atoms with Crippen LogP contribution in [0.3, 0.4) is 0 Å². The molecule has 0 aliphatic rings. The van der Waals surface area contributed by atoms with Gasteiger partial charge in [-0.1, -0.05) is 6.07 Å². The van der Waals surface area contributed by atoms with Gasteiger partial charge in [0.2, 0.25) is 15.9 Å². The topological polar surface area (TPSA) is 171 Å². The third-order valence-electron chi connectivity index (χ3n) is 4.09. The van der Waals surface area contributed by atoms with Gasteiger partial charge in [0.1, 0.15) is 5.69 Å². The third kappa shape index (κ3) is 5.75. The third-order valence-corrected chi connectivity index (χ3v) is 5.01. The zero-order valence-electron chi connectivity index (χ0n) is 16.2. The van der Waals surface area contributed by atoms with Crippen molar-refractivity contribution in [3.8, 4) is 0 Å². The Bertz CT molecular complexity index is 1100. The lowest BCUT2D eigenvalue weighted by Crippen LogP contribution is -2.18. The number of nitrogens with one attached hydrogen (secondary N) is 2. The Hall–Kier alpha value is -3.51. The van der Waals surface area contributed by atoms with E-state index in [2.05, 4.69) is 15.4 Å². The number of nitro groups is 1. The lowest BCUT2D eigenvalue weighted by atomic mass is 10.1. The fourth-order valence-corrected chi connectivity index (χ4v) is 3.05. The second-order valence-electron chi connectivity index (χ2n) is 6.23. The molecule has 0 fully saturated rings. The smallest absolute Gasteiger partial charge is 0.337 e. The highest BCUT2D eigenvalue weighted by molar-refractivity contribution is 7.89. The van der Waals surface area contributed by atoms with Crippen LogP contribution in [0.5, 0.6) is 0 Å². The fraction of sp³-hybridized carbons (Fsp3) is 0.222. The van der Waals surface area contributed by atoms with Crippen molar-refractivity contribution in [3.05, 3.63) is 57.6 Å². The largest absolute Gasteiger partial charge is 0.465 e. The van der Waals surface area contributed by atoms with Crippen LogP contribution in [0.1, 0.15) is 22.3 Å². The number of carbonyl (C=O) groups excluding carboxylic acids is 2. The summed E-state index contributed by atoms with van der Waals surface area (Å²) in [7, 11) is -2.84. The predicted octanol–water partition coefficient (Wildman–Crippen LogP) is 1.78. The van der Waals surface area contributed by atoms with Crippen molar-refractivity contribution in [2.75, 3.05) is 24.3 Å². The zero-order chi connectivity index (χ0) is 22.5. The molecule has 0 heterocycles. The van der Waals surface area contributed by atoms with Gasteiger partial charge in [-0.2, -0.15) is 0 Å². The Labute approximate surface area is 172 Å². The van der Waals surface area contributed by atoms with Gasteiger partial charge in [0.25, 0.3) is 5.69 Å². The van der Waals surface area contributed by atoms with E-state index >= 15 is 0 Å². The van der Waals surface area contributed by atoms with E-state index in [4.69, 9.17) is 5.14 Å². The maximum atomic E-state index is 12.2. The number of sulfonamides is 1. The van der Waals surface area contributed by atoms with Crippen LogP contribution < -0.4 is 15.8 Å². The van der Waals surface area contributed by atoms with Gasteiger partial charge < -0.3 is 15.4 Å². The van der Waals surface area contributed by atoms with E-state index < -0.39 is 37.4 Å². The van der Waals surface area contributed by atoms with Crippen molar-refractivity contribution in [1.29, 1.82) is 0 Å². The number of carbonyl (C=O) groups is 2. The molecule has 11 nitrogen and oxygen atoms in total. The van der Waals surface area contributed by atoms with Crippen LogP contribution in [0.2, 0.25) is 0 Å². The molecule has 30 heavy (non-hydrogen) atoms. The van der Waals surface area contributed by atoms with Crippen LogP contribution in [0.15, 0.2) is 41.3 Å². The summed E-state index contributed by atoms with van der Waals surface area (Å²) in [5, 5.41) is 21.6. The SMILES string of the molecule is COC(=O)c1ccc(C)c(NC(=O)CCNc2ccc(S(N)(=O)=O)cc2[N+](=O)[O-])c1. The van der Waals surface area contributed by atoms with Gasteiger partial charge in [-0.3, -0.25) is 14.9 Å². The van der Waals surface area contributed by atoms with E-state index in [1.165, 1.54) is 19.2 Å². The molecule has 4 N–H and O–H groups in total. The van der Waals surface area contributed by atoms with Gasteiger partial charge in [0.15, 0.2) is 0 Å². The molecule has 0 spiro atoms. The molecule has 0 bridgehead atoms. The Morgan fingerprint density at radius 2 is 1.87 bits per heavy atom. The van der Waals surface area contributed by atoms with Crippen molar-refractivity contribution in [1.82, 2.24) is 0 Å². The molecule has 160 valence electrons. The average molecular weight is 436 g/mol. The number of hydrogen-bond acceptors (Lipinski definition) is 8. The molecule has 2 aromatic carbocycles. The summed E-state index contributed by atoms with van der Waals surface area (Å²) in [4.78, 5) is 33.9. The van der Waals surface area contributed by atoms with E-state index in [0.717, 1.165) is 17.7 Å². The summed E-state index contributed by atoms with van der Waals surface area (Å²) in [6, 6.07) is 7.91. The van der Waals surface area contributed by atoms with Gasteiger partial charge in [0.05, 0.1) is 22.5 Å². The van der Waals surface area contributed by atoms with Crippen LogP contribution in [-0.2, 0) is 19.6 Å². The van der Waals surface area contributed by atoms with Crippen molar-refractivity contribution < 1.29 is 27.7 Å². The van der Waals surface area contributed by atoms with Crippen molar-refractivity contribution in [2.24, 2.45) is 5.14 Å². The minimum atomic E-state index is -4.09. The normalized spacial score (nSPS) is 10.9. The molecule has 0 aromatic heterocycles. The van der Waals surface area contributed by atoms with Crippen LogP contribution >= 0.6 is 0 Å². The molecule has 0 saturated heterocycles. The van der Waals surface area contributed by atoms with Gasteiger partial charge in [-0.15, -0.1) is 0 Å². The number of esters is 1. The zero-order valence-corrected chi connectivity index (χ0v) is 17.0. The molecule has 0 aliphatic heterocycles. The first kappa shape index (κ1) is 22.8. The number of benzene rings is 2. The Morgan fingerprint density at radius 1 is 1.17 bits per heavy atom. The van der Waals surface area contributed by atoms with Gasteiger partial charge in [-0.05, 0) is 36.8 Å². The summed E-state index contributed by atoms with van der Waals surface area (Å²) in [5.41, 5.74) is 1.01. The van der Waals surface area contributed by atoms with E-state index in [-0.39, 0.29) is 24.2 Å². The number of methoxy groups -OCH3 is 1. The summed E-state index contributed by atoms with van der Waals surface area (Å²) in [6.07, 6.45) is -0.0456. The number of nitrogens with zero attached hydrogens (tertiary/aromatic N) is 1. The summed E-state index contributed by atoms with van der Waals surface area (Å²) in [5.74, 6) is -0.932. The van der Waals surface area contributed by atoms with E-state index in [9.17, 15) is 28.1 Å². The van der Waals surface area contributed by atoms with Crippen LogP contribution in [0.25, 0.3) is 0 Å². The molecule has 0 atom stereocenters. The van der Waals surface area contributed by atoms with Crippen LogP contribution in [0, 0.1) is 17.0 Å². The predicted molar refractivity (Wildman–Crippen MR) is 109 cm³/mol. The minimum Gasteiger partial charge on any atom is -0.465 e. The standard InChI is InChI=1S/C18H20N4O7S/c1-11-3-4-12(18(24)29-2)9-15(11)21-17(23)7-8-20-14-6-5-13(30(19,27)28)10-16(14)22(25)26/h3-6,9-10,20H,7-8H2,1-2H3,(H,21,23)(H2,19,27,28). The number of rotatable bonds is 8. The second-order valence-corrected chi connectivity index (χ2v) is 7.79. The van der Waals surface area contributed by atoms with Crippen molar-refractivity contribution >= 4 is 39.0 Å². The molecule has 0 unspecified atom stereocenters.